The predicted octanol–water partition coefficient (Wildman–Crippen LogP) is 2.93. The summed E-state index contributed by atoms with van der Waals surface area (Å²) in [4.78, 5) is 27.1. The summed E-state index contributed by atoms with van der Waals surface area (Å²) in [5.41, 5.74) is -0.495. The normalized spacial score (nSPS) is 12.0. The van der Waals surface area contributed by atoms with E-state index in [0.717, 1.165) is 19.2 Å². The second-order valence-corrected chi connectivity index (χ2v) is 5.27. The van der Waals surface area contributed by atoms with E-state index in [9.17, 15) is 23.5 Å². The monoisotopic (exact) mass is 356 g/mol. The molecule has 0 spiro atoms. The molecule has 0 radical (unpaired) electrons. The number of methoxy groups -OCH3 is 1. The Morgan fingerprint density at radius 2 is 2.04 bits per heavy atom. The molecule has 2 aromatic rings. The number of benzene rings is 1. The molecular weight excluding hydrogens is 342 g/mol. The lowest BCUT2D eigenvalue weighted by molar-refractivity contribution is 0.0567. The molecule has 0 aliphatic heterocycles. The third-order valence-corrected chi connectivity index (χ3v) is 3.82. The zero-order valence-electron chi connectivity index (χ0n) is 12.8. The third-order valence-electron chi connectivity index (χ3n) is 3.50. The van der Waals surface area contributed by atoms with E-state index in [2.05, 4.69) is 22.3 Å². The maximum atomic E-state index is 13.5. The first kappa shape index (κ1) is 17.9. The largest absolute Gasteiger partial charge is 0.476 e. The highest BCUT2D eigenvalue weighted by Gasteiger charge is 2.30. The summed E-state index contributed by atoms with van der Waals surface area (Å²) < 4.78 is 32.6. The number of nitrogens with zero attached hydrogens (tertiary/aromatic N) is 2. The number of rotatable bonds is 5. The number of halogens is 2. The molecule has 1 N–H and O–H groups in total. The molecule has 24 heavy (non-hydrogen) atoms. The number of carboxylic acids is 1. The Labute approximate surface area is 141 Å². The number of aromatic carboxylic acids is 1. The lowest BCUT2D eigenvalue weighted by Gasteiger charge is -2.21. The lowest BCUT2D eigenvalue weighted by atomic mass is 10.0. The van der Waals surface area contributed by atoms with E-state index in [-0.39, 0.29) is 10.9 Å². The van der Waals surface area contributed by atoms with E-state index in [1.807, 2.05) is 0 Å². The molecule has 0 aliphatic carbocycles. The van der Waals surface area contributed by atoms with Crippen LogP contribution in [0.15, 0.2) is 23.4 Å². The van der Waals surface area contributed by atoms with Crippen LogP contribution in [0.1, 0.15) is 45.9 Å². The zero-order valence-corrected chi connectivity index (χ0v) is 13.7. The van der Waals surface area contributed by atoms with Crippen molar-refractivity contribution >= 4 is 24.6 Å². The van der Waals surface area contributed by atoms with Gasteiger partial charge in [-0.25, -0.2) is 23.4 Å². The summed E-state index contributed by atoms with van der Waals surface area (Å²) in [6.07, 6.45) is 0.345. The van der Waals surface area contributed by atoms with Crippen LogP contribution in [0.2, 0.25) is 0 Å². The number of esters is 1. The minimum absolute atomic E-state index is 0.0515. The zero-order chi connectivity index (χ0) is 18.0. The van der Waals surface area contributed by atoms with E-state index in [1.165, 1.54) is 10.6 Å². The second kappa shape index (κ2) is 7.00. The quantitative estimate of drug-likeness (QED) is 0.636. The molecule has 1 unspecified atom stereocenters. The van der Waals surface area contributed by atoms with Crippen molar-refractivity contribution in [2.24, 2.45) is 0 Å². The Morgan fingerprint density at radius 3 is 2.54 bits per heavy atom. The molecular formula is C15H14F2N2O4S. The number of carbonyl (C=O) groups excluding carboxylic acids is 1. The molecule has 1 aromatic carbocycles. The molecule has 1 heterocycles. The van der Waals surface area contributed by atoms with Crippen molar-refractivity contribution in [2.75, 3.05) is 7.11 Å². The van der Waals surface area contributed by atoms with Crippen molar-refractivity contribution < 1.29 is 28.2 Å². The maximum Gasteiger partial charge on any atom is 0.357 e. The number of imidazole rings is 1. The van der Waals surface area contributed by atoms with Crippen molar-refractivity contribution in [3.63, 3.8) is 0 Å². The van der Waals surface area contributed by atoms with E-state index >= 15 is 0 Å². The van der Waals surface area contributed by atoms with Crippen LogP contribution < -0.4 is 0 Å². The third kappa shape index (κ3) is 3.12. The van der Waals surface area contributed by atoms with Gasteiger partial charge in [0.1, 0.15) is 0 Å². The summed E-state index contributed by atoms with van der Waals surface area (Å²) in [5, 5.41) is 9.17. The molecule has 0 amide bonds. The van der Waals surface area contributed by atoms with Gasteiger partial charge in [0.15, 0.2) is 28.2 Å². The first-order chi connectivity index (χ1) is 11.3. The van der Waals surface area contributed by atoms with E-state index in [0.29, 0.717) is 12.0 Å². The van der Waals surface area contributed by atoms with Gasteiger partial charge in [-0.15, -0.1) is 12.6 Å². The fraction of sp³-hybridized carbons (Fsp3) is 0.267. The molecule has 1 aromatic heterocycles. The molecule has 6 nitrogen and oxygen atoms in total. The van der Waals surface area contributed by atoms with Crippen LogP contribution >= 0.6 is 12.6 Å². The molecule has 2 rings (SSSR count). The SMILES string of the molecule is CCC(c1ccc(F)c(F)c1)n1c(S)nc(C(=O)O)c1C(=O)OC. The van der Waals surface area contributed by atoms with Crippen molar-refractivity contribution in [1.29, 1.82) is 0 Å². The molecule has 0 bridgehead atoms. The van der Waals surface area contributed by atoms with Gasteiger partial charge in [0.2, 0.25) is 0 Å². The smallest absolute Gasteiger partial charge is 0.357 e. The Morgan fingerprint density at radius 1 is 1.38 bits per heavy atom. The predicted molar refractivity (Wildman–Crippen MR) is 82.6 cm³/mol. The van der Waals surface area contributed by atoms with Gasteiger partial charge in [-0.05, 0) is 24.1 Å². The summed E-state index contributed by atoms with van der Waals surface area (Å²) in [6.45, 7) is 1.74. The van der Waals surface area contributed by atoms with E-state index < -0.39 is 35.3 Å². The van der Waals surface area contributed by atoms with E-state index in [1.54, 1.807) is 6.92 Å². The number of aromatic nitrogens is 2. The lowest BCUT2D eigenvalue weighted by Crippen LogP contribution is -2.20. The van der Waals surface area contributed by atoms with Crippen LogP contribution in [-0.2, 0) is 4.74 Å². The van der Waals surface area contributed by atoms with Crippen LogP contribution in [0.4, 0.5) is 8.78 Å². The fourth-order valence-electron chi connectivity index (χ4n) is 2.44. The van der Waals surface area contributed by atoms with Gasteiger partial charge >= 0.3 is 11.9 Å². The molecule has 9 heteroatoms. The van der Waals surface area contributed by atoms with Gasteiger partial charge in [0.25, 0.3) is 0 Å². The Kier molecular flexibility index (Phi) is 5.23. The first-order valence-corrected chi connectivity index (χ1v) is 7.34. The maximum absolute atomic E-state index is 13.5. The number of carboxylic acid groups (broad SMARTS) is 1. The fourth-order valence-corrected chi connectivity index (χ4v) is 2.78. The molecule has 0 saturated heterocycles. The number of hydrogen-bond donors (Lipinski definition) is 2. The molecule has 0 fully saturated rings. The average molecular weight is 356 g/mol. The van der Waals surface area contributed by atoms with E-state index in [4.69, 9.17) is 0 Å². The van der Waals surface area contributed by atoms with Crippen LogP contribution in [0.3, 0.4) is 0 Å². The minimum Gasteiger partial charge on any atom is -0.476 e. The highest BCUT2D eigenvalue weighted by Crippen LogP contribution is 2.30. The number of carbonyl (C=O) groups is 2. The topological polar surface area (TPSA) is 81.4 Å². The number of hydrogen-bond acceptors (Lipinski definition) is 5. The van der Waals surface area contributed by atoms with Gasteiger partial charge in [0, 0.05) is 0 Å². The van der Waals surface area contributed by atoms with Crippen molar-refractivity contribution in [2.45, 2.75) is 24.5 Å². The summed E-state index contributed by atoms with van der Waals surface area (Å²) in [6, 6.07) is 2.61. The molecule has 1 atom stereocenters. The van der Waals surface area contributed by atoms with Crippen molar-refractivity contribution in [3.05, 3.63) is 46.8 Å². The number of ether oxygens (including phenoxy) is 1. The van der Waals surface area contributed by atoms with Gasteiger partial charge < -0.3 is 14.4 Å². The Balaban J connectivity index is 2.69. The Bertz CT molecular complexity index is 807. The standard InChI is InChI=1S/C15H14F2N2O4S/c1-3-10(7-4-5-8(16)9(17)6-7)19-12(14(22)23-2)11(13(20)21)18-15(19)24/h4-6,10H,3H2,1-2H3,(H,18,24)(H,20,21). The van der Waals surface area contributed by atoms with Crippen LogP contribution in [-0.4, -0.2) is 33.7 Å². The van der Waals surface area contributed by atoms with Gasteiger partial charge in [-0.1, -0.05) is 13.0 Å². The van der Waals surface area contributed by atoms with Crippen LogP contribution in [0, 0.1) is 11.6 Å². The van der Waals surface area contributed by atoms with Gasteiger partial charge in [-0.3, -0.25) is 0 Å². The molecule has 0 aliphatic rings. The molecule has 0 saturated carbocycles. The molecule has 128 valence electrons. The first-order valence-electron chi connectivity index (χ1n) is 6.89. The van der Waals surface area contributed by atoms with Crippen LogP contribution in [0.25, 0.3) is 0 Å². The van der Waals surface area contributed by atoms with Crippen LogP contribution in [0.5, 0.6) is 0 Å². The van der Waals surface area contributed by atoms with Gasteiger partial charge in [0.05, 0.1) is 13.2 Å². The van der Waals surface area contributed by atoms with Gasteiger partial charge in [-0.2, -0.15) is 0 Å². The summed E-state index contributed by atoms with van der Waals surface area (Å²) in [7, 11) is 1.10. The average Bonchev–Trinajstić information content (AvgIpc) is 2.89. The minimum atomic E-state index is -1.43. The summed E-state index contributed by atoms with van der Waals surface area (Å²) >= 11 is 4.12. The second-order valence-electron chi connectivity index (χ2n) is 4.87. The van der Waals surface area contributed by atoms with Crippen molar-refractivity contribution in [1.82, 2.24) is 9.55 Å². The highest BCUT2D eigenvalue weighted by molar-refractivity contribution is 7.80. The summed E-state index contributed by atoms with van der Waals surface area (Å²) in [5.74, 6) is -4.40. The number of thiol groups is 1. The van der Waals surface area contributed by atoms with Crippen molar-refractivity contribution in [3.8, 4) is 0 Å². The highest BCUT2D eigenvalue weighted by atomic mass is 32.1. The Hall–Kier alpha value is -2.42.